The summed E-state index contributed by atoms with van der Waals surface area (Å²) in [7, 11) is -0.236. The molecule has 1 aliphatic heterocycles. The van der Waals surface area contributed by atoms with Gasteiger partial charge >= 0.3 is 95.2 Å². The minimum atomic E-state index is -3.01. The Hall–Kier alpha value is 0.760. The van der Waals surface area contributed by atoms with Gasteiger partial charge in [0, 0.05) is 0 Å². The van der Waals surface area contributed by atoms with Gasteiger partial charge in [0.05, 0.1) is 0 Å². The van der Waals surface area contributed by atoms with Crippen LogP contribution in [-0.4, -0.2) is 43.5 Å². The van der Waals surface area contributed by atoms with Gasteiger partial charge in [-0.15, -0.1) is 0 Å². The molecule has 0 radical (unpaired) electrons. The van der Waals surface area contributed by atoms with Crippen molar-refractivity contribution in [2.24, 2.45) is 0 Å². The van der Waals surface area contributed by atoms with Gasteiger partial charge in [0.2, 0.25) is 0 Å². The Bertz CT molecular complexity index is 204. The van der Waals surface area contributed by atoms with Crippen LogP contribution in [-0.2, 0) is 13.6 Å². The zero-order valence-electron chi connectivity index (χ0n) is 8.33. The van der Waals surface area contributed by atoms with Crippen molar-refractivity contribution in [3.63, 3.8) is 0 Å². The molecule has 1 rings (SSSR count). The van der Waals surface area contributed by atoms with Crippen LogP contribution in [0.1, 0.15) is 0 Å². The fourth-order valence-corrected chi connectivity index (χ4v) is 5.31. The van der Waals surface area contributed by atoms with Gasteiger partial charge in [0.25, 0.3) is 0 Å². The number of halogens is 1. The summed E-state index contributed by atoms with van der Waals surface area (Å²) in [5, 5.41) is 3.26. The van der Waals surface area contributed by atoms with E-state index in [4.69, 9.17) is 9.05 Å². The molecule has 1 aliphatic rings. The predicted molar refractivity (Wildman–Crippen MR) is 49.2 cm³/mol. The number of rotatable bonds is 5. The third-order valence-corrected chi connectivity index (χ3v) is 7.11. The van der Waals surface area contributed by atoms with Gasteiger partial charge in [-0.3, -0.25) is 0 Å². The summed E-state index contributed by atoms with van der Waals surface area (Å²) >= 11 is -0.469. The second-order valence-corrected chi connectivity index (χ2v) is 7.88. The van der Waals surface area contributed by atoms with Crippen LogP contribution in [0.15, 0.2) is 0 Å². The maximum absolute atomic E-state index is 11.6. The Morgan fingerprint density at radius 1 is 1.36 bits per heavy atom. The van der Waals surface area contributed by atoms with Crippen LogP contribution in [0.5, 0.6) is 0 Å². The monoisotopic (exact) mass is 336 g/mol. The summed E-state index contributed by atoms with van der Waals surface area (Å²) in [6, 6.07) is 0. The summed E-state index contributed by atoms with van der Waals surface area (Å²) in [6.45, 7) is 3.97. The van der Waals surface area contributed by atoms with Crippen molar-refractivity contribution in [1.82, 2.24) is 11.7 Å². The van der Waals surface area contributed by atoms with E-state index in [1.807, 2.05) is 0 Å². The van der Waals surface area contributed by atoms with Gasteiger partial charge in [-0.1, -0.05) is 0 Å². The molecule has 1 fully saturated rings. The van der Waals surface area contributed by atoms with Gasteiger partial charge in [-0.25, -0.2) is 0 Å². The molecule has 0 saturated carbocycles. The van der Waals surface area contributed by atoms with Crippen molar-refractivity contribution in [3.05, 3.63) is 0 Å². The van der Waals surface area contributed by atoms with E-state index in [1.165, 1.54) is 14.2 Å². The standard InChI is InChI=1S/C6H16IN3O3P/c1-12-14(11,13-2)9-7-10-5-3-8-4-6-10/h8H,3-6H2,1-2H3,(H,9,11)/q-1. The van der Waals surface area contributed by atoms with E-state index < -0.39 is 29.5 Å². The van der Waals surface area contributed by atoms with Gasteiger partial charge in [-0.05, 0) is 0 Å². The van der Waals surface area contributed by atoms with Gasteiger partial charge in [-0.2, -0.15) is 0 Å². The summed E-state index contributed by atoms with van der Waals surface area (Å²) in [5.41, 5.74) is 0. The fraction of sp³-hybridized carbons (Fsp3) is 1.00. The van der Waals surface area contributed by atoms with Gasteiger partial charge in [0.15, 0.2) is 0 Å². The van der Waals surface area contributed by atoms with Gasteiger partial charge < -0.3 is 0 Å². The third kappa shape index (κ3) is 4.09. The Morgan fingerprint density at radius 3 is 2.43 bits per heavy atom. The van der Waals surface area contributed by atoms with E-state index in [-0.39, 0.29) is 0 Å². The molecule has 2 N–H and O–H groups in total. The molecule has 0 aromatic carbocycles. The molecule has 1 heterocycles. The maximum atomic E-state index is 11.6. The van der Waals surface area contributed by atoms with Crippen LogP contribution in [0.4, 0.5) is 0 Å². The quantitative estimate of drug-likeness (QED) is 0.313. The Morgan fingerprint density at radius 2 is 1.93 bits per heavy atom. The zero-order chi connectivity index (χ0) is 10.4. The van der Waals surface area contributed by atoms with Crippen molar-refractivity contribution >= 4 is 7.75 Å². The number of hydrogen-bond acceptors (Lipinski definition) is 5. The van der Waals surface area contributed by atoms with Crippen LogP contribution in [0.3, 0.4) is 0 Å². The van der Waals surface area contributed by atoms with Crippen LogP contribution < -0.4 is 30.4 Å². The van der Waals surface area contributed by atoms with Crippen LogP contribution in [0.2, 0.25) is 0 Å². The molecule has 0 unspecified atom stereocenters. The molecule has 0 aromatic rings. The van der Waals surface area contributed by atoms with E-state index in [0.29, 0.717) is 0 Å². The van der Waals surface area contributed by atoms with Crippen molar-refractivity contribution in [2.45, 2.75) is 0 Å². The Balaban J connectivity index is 2.27. The van der Waals surface area contributed by atoms with Crippen molar-refractivity contribution in [2.75, 3.05) is 40.4 Å². The molecular weight excluding hydrogens is 320 g/mol. The van der Waals surface area contributed by atoms with Crippen LogP contribution in [0, 0.1) is 0 Å². The van der Waals surface area contributed by atoms with E-state index in [0.717, 1.165) is 26.2 Å². The summed E-state index contributed by atoms with van der Waals surface area (Å²) in [5.74, 6) is 0. The first-order chi connectivity index (χ1) is 6.70. The SMILES string of the molecule is COP(=O)(N[I-]N1CCNCC1)OC. The van der Waals surface area contributed by atoms with E-state index in [9.17, 15) is 4.57 Å². The first kappa shape index (κ1) is 12.8. The zero-order valence-corrected chi connectivity index (χ0v) is 11.4. The number of nitrogens with zero attached hydrogens (tertiary/aromatic N) is 1. The topological polar surface area (TPSA) is 62.8 Å². The molecular formula is C6H16IN3O3P-. The minimum absolute atomic E-state index is 0.469. The summed E-state index contributed by atoms with van der Waals surface area (Å²) in [6.07, 6.45) is 0. The molecule has 0 aromatic heterocycles. The molecule has 6 nitrogen and oxygen atoms in total. The molecule has 0 amide bonds. The molecule has 0 atom stereocenters. The molecule has 0 bridgehead atoms. The normalized spacial score (nSPS) is 20.1. The molecule has 8 heteroatoms. The molecule has 0 spiro atoms. The average Bonchev–Trinajstić information content (AvgIpc) is 2.27. The van der Waals surface area contributed by atoms with Crippen LogP contribution >= 0.6 is 7.75 Å². The predicted octanol–water partition coefficient (Wildman–Crippen LogP) is -3.20. The number of nitrogens with one attached hydrogen (secondary N) is 2. The first-order valence-electron chi connectivity index (χ1n) is 4.29. The second kappa shape index (κ2) is 6.37. The summed E-state index contributed by atoms with van der Waals surface area (Å²) in [4.78, 5) is 0. The average molecular weight is 336 g/mol. The van der Waals surface area contributed by atoms with Crippen molar-refractivity contribution < 1.29 is 35.4 Å². The molecule has 14 heavy (non-hydrogen) atoms. The van der Waals surface area contributed by atoms with Crippen molar-refractivity contribution in [1.29, 1.82) is 0 Å². The van der Waals surface area contributed by atoms with E-state index in [1.54, 1.807) is 0 Å². The first-order valence-corrected chi connectivity index (χ1v) is 7.87. The molecule has 86 valence electrons. The Kier molecular flexibility index (Phi) is 5.83. The van der Waals surface area contributed by atoms with E-state index in [2.05, 4.69) is 11.7 Å². The fourth-order valence-electron chi connectivity index (χ4n) is 0.965. The third-order valence-electron chi connectivity index (χ3n) is 1.80. The van der Waals surface area contributed by atoms with Crippen molar-refractivity contribution in [3.8, 4) is 0 Å². The second-order valence-electron chi connectivity index (χ2n) is 2.69. The van der Waals surface area contributed by atoms with Gasteiger partial charge in [0.1, 0.15) is 0 Å². The number of hydrogen-bond donors (Lipinski definition) is 2. The Labute approximate surface area is 95.3 Å². The molecule has 0 aliphatic carbocycles. The summed E-state index contributed by atoms with van der Waals surface area (Å²) < 4.78 is 26.3. The van der Waals surface area contributed by atoms with E-state index >= 15 is 0 Å². The molecule has 1 saturated heterocycles. The number of piperazine rings is 1. The van der Waals surface area contributed by atoms with Crippen LogP contribution in [0.25, 0.3) is 0 Å².